The predicted molar refractivity (Wildman–Crippen MR) is 48.3 cm³/mol. The van der Waals surface area contributed by atoms with E-state index in [-0.39, 0.29) is 6.54 Å². The van der Waals surface area contributed by atoms with Gasteiger partial charge in [0, 0.05) is 13.6 Å². The Morgan fingerprint density at radius 2 is 2.23 bits per heavy atom. The van der Waals surface area contributed by atoms with Crippen molar-refractivity contribution in [2.45, 2.75) is 5.92 Å². The largest absolute Gasteiger partial charge is 0.375 e. The van der Waals surface area contributed by atoms with Crippen LogP contribution in [0.25, 0.3) is 0 Å². The minimum Gasteiger partial charge on any atom is -0.375 e. The van der Waals surface area contributed by atoms with E-state index in [1.54, 1.807) is 7.05 Å². The molecule has 0 aromatic rings. The van der Waals surface area contributed by atoms with E-state index < -0.39 is 17.8 Å². The van der Waals surface area contributed by atoms with Crippen molar-refractivity contribution in [1.82, 2.24) is 10.6 Å². The highest BCUT2D eigenvalue weighted by Gasteiger charge is 2.66. The topological polar surface area (TPSA) is 24.1 Å². The molecule has 0 aliphatic heterocycles. The van der Waals surface area contributed by atoms with Crippen LogP contribution in [-0.4, -0.2) is 19.5 Å². The maximum absolute atomic E-state index is 12.9. The van der Waals surface area contributed by atoms with Crippen molar-refractivity contribution in [1.29, 1.82) is 0 Å². The van der Waals surface area contributed by atoms with E-state index in [1.165, 1.54) is 6.08 Å². The first-order valence-electron chi connectivity index (χ1n) is 4.15. The van der Waals surface area contributed by atoms with E-state index >= 15 is 0 Å². The third-order valence-electron chi connectivity index (χ3n) is 2.35. The number of hydrogen-bond acceptors (Lipinski definition) is 2. The molecule has 74 valence electrons. The number of allylic oxidation sites excluding steroid dienone is 1. The number of nitrogens with one attached hydrogen (secondary N) is 2. The Morgan fingerprint density at radius 3 is 2.62 bits per heavy atom. The molecule has 0 saturated heterocycles. The Kier molecular flexibility index (Phi) is 2.59. The van der Waals surface area contributed by atoms with E-state index in [0.29, 0.717) is 5.82 Å². The zero-order valence-electron chi connectivity index (χ0n) is 7.61. The molecule has 4 heteroatoms. The van der Waals surface area contributed by atoms with Crippen molar-refractivity contribution in [2.24, 2.45) is 11.8 Å². The quantitative estimate of drug-likeness (QED) is 0.636. The molecule has 1 fully saturated rings. The van der Waals surface area contributed by atoms with Gasteiger partial charge < -0.3 is 10.6 Å². The fourth-order valence-electron chi connectivity index (χ4n) is 1.32. The van der Waals surface area contributed by atoms with Crippen molar-refractivity contribution >= 4 is 0 Å². The summed E-state index contributed by atoms with van der Waals surface area (Å²) in [6, 6.07) is 0. The summed E-state index contributed by atoms with van der Waals surface area (Å²) in [5, 5.41) is 5.51. The smallest absolute Gasteiger partial charge is 0.260 e. The molecule has 0 amide bonds. The first kappa shape index (κ1) is 10.0. The van der Waals surface area contributed by atoms with Crippen molar-refractivity contribution in [3.05, 3.63) is 25.1 Å². The highest BCUT2D eigenvalue weighted by molar-refractivity contribution is 5.14. The van der Waals surface area contributed by atoms with Crippen LogP contribution in [0.1, 0.15) is 0 Å². The van der Waals surface area contributed by atoms with E-state index in [4.69, 9.17) is 0 Å². The molecule has 1 aliphatic rings. The summed E-state index contributed by atoms with van der Waals surface area (Å²) in [5.41, 5.74) is 0. The van der Waals surface area contributed by atoms with Crippen LogP contribution in [0.3, 0.4) is 0 Å². The molecule has 0 aromatic heterocycles. The Morgan fingerprint density at radius 1 is 1.62 bits per heavy atom. The van der Waals surface area contributed by atoms with Gasteiger partial charge in [0.25, 0.3) is 5.92 Å². The lowest BCUT2D eigenvalue weighted by Crippen LogP contribution is -2.25. The van der Waals surface area contributed by atoms with Crippen molar-refractivity contribution < 1.29 is 8.78 Å². The zero-order valence-corrected chi connectivity index (χ0v) is 7.61. The predicted octanol–water partition coefficient (Wildman–Crippen LogP) is 1.33. The Labute approximate surface area is 76.7 Å². The molecule has 13 heavy (non-hydrogen) atoms. The van der Waals surface area contributed by atoms with E-state index in [9.17, 15) is 8.78 Å². The van der Waals surface area contributed by atoms with Gasteiger partial charge in [0.15, 0.2) is 0 Å². The lowest BCUT2D eigenvalue weighted by molar-refractivity contribution is 0.0902. The van der Waals surface area contributed by atoms with E-state index in [2.05, 4.69) is 23.8 Å². The van der Waals surface area contributed by atoms with Gasteiger partial charge in [0.2, 0.25) is 0 Å². The normalized spacial score (nSPS) is 29.2. The second kappa shape index (κ2) is 3.36. The van der Waals surface area contributed by atoms with Gasteiger partial charge in [0.1, 0.15) is 0 Å². The minimum absolute atomic E-state index is 0.239. The number of halogens is 2. The molecule has 2 atom stereocenters. The summed E-state index contributed by atoms with van der Waals surface area (Å²) < 4.78 is 25.7. The summed E-state index contributed by atoms with van der Waals surface area (Å²) >= 11 is 0. The van der Waals surface area contributed by atoms with Crippen LogP contribution in [0.5, 0.6) is 0 Å². The van der Waals surface area contributed by atoms with E-state index in [0.717, 1.165) is 0 Å². The van der Waals surface area contributed by atoms with Gasteiger partial charge in [-0.15, -0.1) is 6.58 Å². The molecule has 1 rings (SSSR count). The monoisotopic (exact) mass is 188 g/mol. The summed E-state index contributed by atoms with van der Waals surface area (Å²) in [6.45, 7) is 7.19. The van der Waals surface area contributed by atoms with Crippen LogP contribution in [0.15, 0.2) is 25.1 Å². The van der Waals surface area contributed by atoms with Gasteiger partial charge in [-0.3, -0.25) is 0 Å². The second-order valence-corrected chi connectivity index (χ2v) is 3.15. The van der Waals surface area contributed by atoms with Gasteiger partial charge >= 0.3 is 0 Å². The van der Waals surface area contributed by atoms with Crippen LogP contribution in [0.2, 0.25) is 0 Å². The summed E-state index contributed by atoms with van der Waals surface area (Å²) in [6.07, 6.45) is 1.31. The minimum atomic E-state index is -2.58. The van der Waals surface area contributed by atoms with Crippen LogP contribution >= 0.6 is 0 Å². The Hall–Kier alpha value is -1.06. The fourth-order valence-corrected chi connectivity index (χ4v) is 1.32. The summed E-state index contributed by atoms with van der Waals surface area (Å²) in [4.78, 5) is 0. The van der Waals surface area contributed by atoms with Gasteiger partial charge in [-0.1, -0.05) is 12.7 Å². The fraction of sp³-hybridized carbons (Fsp3) is 0.556. The standard InChI is InChI=1S/C9H14F2N2/c1-4-7-8(9(7,10)11)5-13-6(2)12-3/h4,7-8,12-13H,1-2,5H2,3H3/t7-,8+/m1/s1. The van der Waals surface area contributed by atoms with Crippen LogP contribution in [0, 0.1) is 11.8 Å². The molecule has 1 saturated carbocycles. The van der Waals surface area contributed by atoms with Gasteiger partial charge in [-0.05, 0) is 0 Å². The maximum Gasteiger partial charge on any atom is 0.260 e. The zero-order chi connectivity index (χ0) is 10.1. The van der Waals surface area contributed by atoms with Gasteiger partial charge in [0.05, 0.1) is 17.7 Å². The first-order chi connectivity index (χ1) is 6.04. The number of rotatable bonds is 5. The van der Waals surface area contributed by atoms with Gasteiger partial charge in [-0.2, -0.15) is 0 Å². The van der Waals surface area contributed by atoms with Crippen molar-refractivity contribution in [3.63, 3.8) is 0 Å². The van der Waals surface area contributed by atoms with Gasteiger partial charge in [-0.25, -0.2) is 8.78 Å². The van der Waals surface area contributed by atoms with E-state index in [1.807, 2.05) is 0 Å². The third kappa shape index (κ3) is 1.82. The summed E-state index contributed by atoms with van der Waals surface area (Å²) in [7, 11) is 1.69. The van der Waals surface area contributed by atoms with Crippen molar-refractivity contribution in [2.75, 3.05) is 13.6 Å². The molecular formula is C9H14F2N2. The lowest BCUT2D eigenvalue weighted by atomic mass is 10.3. The maximum atomic E-state index is 12.9. The average molecular weight is 188 g/mol. The molecule has 0 spiro atoms. The summed E-state index contributed by atoms with van der Waals surface area (Å²) in [5.74, 6) is -3.33. The number of alkyl halides is 2. The molecular weight excluding hydrogens is 174 g/mol. The lowest BCUT2D eigenvalue weighted by Gasteiger charge is -2.07. The molecule has 1 aliphatic carbocycles. The van der Waals surface area contributed by atoms with Crippen LogP contribution in [0.4, 0.5) is 8.78 Å². The average Bonchev–Trinajstić information content (AvgIpc) is 2.63. The molecule has 0 unspecified atom stereocenters. The molecule has 2 nitrogen and oxygen atoms in total. The Balaban J connectivity index is 2.33. The SMILES string of the molecule is C=C[C@@H]1[C@H](CNC(=C)NC)C1(F)F. The van der Waals surface area contributed by atoms with Crippen LogP contribution in [-0.2, 0) is 0 Å². The van der Waals surface area contributed by atoms with Crippen molar-refractivity contribution in [3.8, 4) is 0 Å². The third-order valence-corrected chi connectivity index (χ3v) is 2.35. The molecule has 0 heterocycles. The second-order valence-electron chi connectivity index (χ2n) is 3.15. The Bertz CT molecular complexity index is 226. The molecule has 0 bridgehead atoms. The highest BCUT2D eigenvalue weighted by atomic mass is 19.3. The molecule has 0 radical (unpaired) electrons. The molecule has 2 N–H and O–H groups in total. The first-order valence-corrected chi connectivity index (χ1v) is 4.15. The number of hydrogen-bond donors (Lipinski definition) is 2. The molecule has 0 aromatic carbocycles. The van der Waals surface area contributed by atoms with Crippen LogP contribution < -0.4 is 10.6 Å². The highest BCUT2D eigenvalue weighted by Crippen LogP contribution is 2.55.